The number of hydrogen-bond acceptors (Lipinski definition) is 4. The zero-order chi connectivity index (χ0) is 19.4. The molecule has 146 valence electrons. The summed E-state index contributed by atoms with van der Waals surface area (Å²) < 4.78 is 11.0. The molecule has 0 spiro atoms. The molecule has 7 nitrogen and oxygen atoms in total. The number of amides is 1. The Balaban J connectivity index is 1.98. The number of carbonyl (C=O) groups excluding carboxylic acids is 1. The van der Waals surface area contributed by atoms with Crippen molar-refractivity contribution in [2.24, 2.45) is 10.4 Å². The monoisotopic (exact) mass is 364 g/mol. The van der Waals surface area contributed by atoms with Crippen LogP contribution in [0.3, 0.4) is 0 Å². The van der Waals surface area contributed by atoms with Gasteiger partial charge in [0.1, 0.15) is 12.3 Å². The van der Waals surface area contributed by atoms with Crippen molar-refractivity contribution < 1.29 is 13.9 Å². The van der Waals surface area contributed by atoms with E-state index in [0.29, 0.717) is 12.5 Å². The molecular weight excluding hydrogens is 332 g/mol. The topological polar surface area (TPSA) is 79.1 Å². The lowest BCUT2D eigenvalue weighted by atomic mass is 9.56. The lowest BCUT2D eigenvalue weighted by Crippen LogP contribution is -2.69. The average molecular weight is 364 g/mol. The van der Waals surface area contributed by atoms with Gasteiger partial charge in [-0.05, 0) is 25.5 Å². The van der Waals surface area contributed by atoms with Gasteiger partial charge in [-0.25, -0.2) is 4.99 Å². The standard InChI is InChI=1S/C19H32N4O3/c1-18(2)15(12-19(18,3)25-6)22-17(21-13-16(24)23(4)5)20-10-9-14-8-7-11-26-14/h7-8,11,15H,9-10,12-13H2,1-6H3,(H2,20,21,22). The van der Waals surface area contributed by atoms with Crippen molar-refractivity contribution in [2.75, 3.05) is 34.3 Å². The lowest BCUT2D eigenvalue weighted by molar-refractivity contribution is -0.176. The highest BCUT2D eigenvalue weighted by atomic mass is 16.5. The van der Waals surface area contributed by atoms with Crippen molar-refractivity contribution >= 4 is 11.9 Å². The Bertz CT molecular complexity index is 625. The number of aliphatic imine (C=N–C) groups is 1. The zero-order valence-electron chi connectivity index (χ0n) is 16.8. The van der Waals surface area contributed by atoms with Crippen molar-refractivity contribution in [3.63, 3.8) is 0 Å². The van der Waals surface area contributed by atoms with Gasteiger partial charge in [-0.1, -0.05) is 13.8 Å². The predicted molar refractivity (Wildman–Crippen MR) is 102 cm³/mol. The van der Waals surface area contributed by atoms with Crippen LogP contribution in [0.5, 0.6) is 0 Å². The fourth-order valence-corrected chi connectivity index (χ4v) is 3.09. The van der Waals surface area contributed by atoms with Gasteiger partial charge in [0.05, 0.1) is 11.9 Å². The maximum atomic E-state index is 11.9. The first kappa shape index (κ1) is 20.3. The van der Waals surface area contributed by atoms with Crippen LogP contribution in [0.1, 0.15) is 33.0 Å². The van der Waals surface area contributed by atoms with Crippen molar-refractivity contribution in [1.29, 1.82) is 0 Å². The SMILES string of the molecule is COC1(C)CC(NC(=NCC(=O)N(C)C)NCCc2ccco2)C1(C)C. The Hall–Kier alpha value is -2.02. The number of likely N-dealkylation sites (N-methyl/N-ethyl adjacent to an activating group) is 1. The van der Waals surface area contributed by atoms with E-state index in [1.54, 1.807) is 32.4 Å². The van der Waals surface area contributed by atoms with Crippen molar-refractivity contribution in [3.8, 4) is 0 Å². The molecule has 0 saturated heterocycles. The fourth-order valence-electron chi connectivity index (χ4n) is 3.09. The molecule has 0 aromatic carbocycles. The molecule has 1 saturated carbocycles. The summed E-state index contributed by atoms with van der Waals surface area (Å²) in [5.74, 6) is 1.52. The minimum absolute atomic E-state index is 0.0354. The Morgan fingerprint density at radius 3 is 2.69 bits per heavy atom. The van der Waals surface area contributed by atoms with Crippen molar-refractivity contribution in [2.45, 2.75) is 45.3 Å². The summed E-state index contributed by atoms with van der Waals surface area (Å²) in [6, 6.07) is 4.04. The molecule has 1 amide bonds. The second kappa shape index (κ2) is 8.12. The molecule has 26 heavy (non-hydrogen) atoms. The van der Waals surface area contributed by atoms with Crippen LogP contribution in [0.4, 0.5) is 0 Å². The van der Waals surface area contributed by atoms with Crippen LogP contribution in [0.25, 0.3) is 0 Å². The predicted octanol–water partition coefficient (Wildman–Crippen LogP) is 1.65. The van der Waals surface area contributed by atoms with Gasteiger partial charge in [0.15, 0.2) is 5.96 Å². The summed E-state index contributed by atoms with van der Waals surface area (Å²) in [6.07, 6.45) is 3.30. The average Bonchev–Trinajstić information content (AvgIpc) is 3.11. The zero-order valence-corrected chi connectivity index (χ0v) is 16.8. The number of guanidine groups is 1. The van der Waals surface area contributed by atoms with E-state index in [2.05, 4.69) is 36.4 Å². The Morgan fingerprint density at radius 2 is 2.15 bits per heavy atom. The maximum Gasteiger partial charge on any atom is 0.243 e. The van der Waals surface area contributed by atoms with E-state index in [1.807, 2.05) is 12.1 Å². The van der Waals surface area contributed by atoms with Gasteiger partial charge >= 0.3 is 0 Å². The number of carbonyl (C=O) groups is 1. The van der Waals surface area contributed by atoms with Gasteiger partial charge in [-0.3, -0.25) is 4.79 Å². The second-order valence-corrected chi connectivity index (χ2v) is 7.77. The van der Waals surface area contributed by atoms with Gasteiger partial charge in [0.25, 0.3) is 0 Å². The first-order valence-electron chi connectivity index (χ1n) is 9.02. The molecule has 2 unspecified atom stereocenters. The summed E-state index contributed by atoms with van der Waals surface area (Å²) in [5.41, 5.74) is -0.208. The molecule has 1 aromatic heterocycles. The van der Waals surface area contributed by atoms with E-state index in [9.17, 15) is 4.79 Å². The second-order valence-electron chi connectivity index (χ2n) is 7.77. The third kappa shape index (κ3) is 4.38. The number of methoxy groups -OCH3 is 1. The lowest BCUT2D eigenvalue weighted by Gasteiger charge is -2.59. The van der Waals surface area contributed by atoms with E-state index in [-0.39, 0.29) is 29.5 Å². The highest BCUT2D eigenvalue weighted by Gasteiger charge is 2.58. The van der Waals surface area contributed by atoms with Crippen LogP contribution in [0.15, 0.2) is 27.8 Å². The van der Waals surface area contributed by atoms with E-state index >= 15 is 0 Å². The molecule has 2 atom stereocenters. The number of nitrogens with one attached hydrogen (secondary N) is 2. The van der Waals surface area contributed by atoms with Gasteiger partial charge < -0.3 is 24.7 Å². The first-order chi connectivity index (χ1) is 12.2. The highest BCUT2D eigenvalue weighted by molar-refractivity contribution is 5.85. The van der Waals surface area contributed by atoms with Crippen LogP contribution in [-0.4, -0.2) is 62.7 Å². The summed E-state index contributed by atoms with van der Waals surface area (Å²) in [4.78, 5) is 17.9. The van der Waals surface area contributed by atoms with Gasteiger partial charge in [-0.2, -0.15) is 0 Å². The third-order valence-electron chi connectivity index (χ3n) is 5.70. The number of nitrogens with zero attached hydrogens (tertiary/aromatic N) is 2. The quantitative estimate of drug-likeness (QED) is 0.568. The molecule has 1 aliphatic carbocycles. The molecule has 0 aliphatic heterocycles. The molecule has 2 rings (SSSR count). The molecule has 1 fully saturated rings. The molecule has 7 heteroatoms. The van der Waals surface area contributed by atoms with E-state index in [1.165, 1.54) is 0 Å². The summed E-state index contributed by atoms with van der Waals surface area (Å²) in [7, 11) is 5.22. The number of hydrogen-bond donors (Lipinski definition) is 2. The molecule has 1 heterocycles. The Labute approximate surface area is 156 Å². The van der Waals surface area contributed by atoms with Gasteiger partial charge in [-0.15, -0.1) is 0 Å². The molecule has 1 aromatic rings. The molecule has 2 N–H and O–H groups in total. The normalized spacial score (nSPS) is 24.7. The first-order valence-corrected chi connectivity index (χ1v) is 9.02. The van der Waals surface area contributed by atoms with Crippen LogP contribution >= 0.6 is 0 Å². The molecule has 0 radical (unpaired) electrons. The van der Waals surface area contributed by atoms with E-state index < -0.39 is 0 Å². The van der Waals surface area contributed by atoms with Crippen LogP contribution in [-0.2, 0) is 16.0 Å². The minimum Gasteiger partial charge on any atom is -0.469 e. The number of ether oxygens (including phenoxy) is 1. The molecule has 1 aliphatic rings. The number of rotatable bonds is 7. The van der Waals surface area contributed by atoms with Crippen LogP contribution in [0.2, 0.25) is 0 Å². The van der Waals surface area contributed by atoms with Crippen molar-refractivity contribution in [1.82, 2.24) is 15.5 Å². The van der Waals surface area contributed by atoms with Gasteiger partial charge in [0, 0.05) is 45.6 Å². The van der Waals surface area contributed by atoms with Crippen LogP contribution in [0, 0.1) is 5.41 Å². The Kier molecular flexibility index (Phi) is 6.34. The van der Waals surface area contributed by atoms with Gasteiger partial charge in [0.2, 0.25) is 5.91 Å². The van der Waals surface area contributed by atoms with E-state index in [4.69, 9.17) is 9.15 Å². The highest BCUT2D eigenvalue weighted by Crippen LogP contribution is 2.51. The fraction of sp³-hybridized carbons (Fsp3) is 0.684. The van der Waals surface area contributed by atoms with Crippen LogP contribution < -0.4 is 10.6 Å². The largest absolute Gasteiger partial charge is 0.469 e. The number of furan rings is 1. The molecular formula is C19H32N4O3. The maximum absolute atomic E-state index is 11.9. The summed E-state index contributed by atoms with van der Waals surface area (Å²) >= 11 is 0. The molecule has 0 bridgehead atoms. The summed E-state index contributed by atoms with van der Waals surface area (Å²) in [6.45, 7) is 7.27. The third-order valence-corrected chi connectivity index (χ3v) is 5.70. The minimum atomic E-state index is -0.163. The van der Waals surface area contributed by atoms with E-state index in [0.717, 1.165) is 18.6 Å². The van der Waals surface area contributed by atoms with Crippen molar-refractivity contribution in [3.05, 3.63) is 24.2 Å². The summed E-state index contributed by atoms with van der Waals surface area (Å²) in [5, 5.41) is 6.77. The smallest absolute Gasteiger partial charge is 0.243 e. The Morgan fingerprint density at radius 1 is 1.42 bits per heavy atom.